The van der Waals surface area contributed by atoms with Gasteiger partial charge in [-0.15, -0.1) is 0 Å². The van der Waals surface area contributed by atoms with Crippen molar-refractivity contribution in [1.82, 2.24) is 4.57 Å². The van der Waals surface area contributed by atoms with E-state index in [1.165, 1.54) is 17.6 Å². The van der Waals surface area contributed by atoms with Gasteiger partial charge in [0.1, 0.15) is 0 Å². The average molecular weight is 273 g/mol. The molecule has 1 aromatic heterocycles. The van der Waals surface area contributed by atoms with E-state index in [2.05, 4.69) is 6.92 Å². The first-order valence-electron chi connectivity index (χ1n) is 6.93. The summed E-state index contributed by atoms with van der Waals surface area (Å²) in [7, 11) is 0. The highest BCUT2D eigenvalue weighted by Crippen LogP contribution is 2.26. The Labute approximate surface area is 118 Å². The number of ketones is 1. The van der Waals surface area contributed by atoms with Gasteiger partial charge in [-0.3, -0.25) is 14.2 Å². The standard InChI is InChI=1S/C16H19NO3/c1-3-4-5-6-15(19)12-7-8-14-13(9-12)10-16(20)17(14)11(2)18/h7-10,20H,3-6H2,1-2H3. The number of hydrogen-bond acceptors (Lipinski definition) is 3. The fraction of sp³-hybridized carbons (Fsp3) is 0.375. The molecule has 0 aliphatic heterocycles. The summed E-state index contributed by atoms with van der Waals surface area (Å²) in [6.07, 6.45) is 3.57. The Balaban J connectivity index is 2.30. The number of Topliss-reactive ketones (excluding diaryl/α,β-unsaturated/α-hetero) is 1. The molecule has 0 spiro atoms. The van der Waals surface area contributed by atoms with E-state index in [0.717, 1.165) is 19.3 Å². The van der Waals surface area contributed by atoms with Crippen molar-refractivity contribution in [1.29, 1.82) is 0 Å². The highest BCUT2D eigenvalue weighted by Gasteiger charge is 2.13. The highest BCUT2D eigenvalue weighted by atomic mass is 16.3. The molecule has 4 heteroatoms. The Morgan fingerprint density at radius 2 is 1.95 bits per heavy atom. The number of benzene rings is 1. The van der Waals surface area contributed by atoms with Crippen LogP contribution in [0.15, 0.2) is 24.3 Å². The number of aromatic hydroxyl groups is 1. The number of rotatable bonds is 5. The zero-order valence-electron chi connectivity index (χ0n) is 11.8. The summed E-state index contributed by atoms with van der Waals surface area (Å²) in [6.45, 7) is 3.49. The van der Waals surface area contributed by atoms with Crippen LogP contribution in [0.1, 0.15) is 54.7 Å². The fourth-order valence-corrected chi connectivity index (χ4v) is 2.39. The molecule has 2 aromatic rings. The molecule has 0 atom stereocenters. The van der Waals surface area contributed by atoms with Gasteiger partial charge in [-0.05, 0) is 24.6 Å². The lowest BCUT2D eigenvalue weighted by atomic mass is 10.0. The normalized spacial score (nSPS) is 10.9. The summed E-state index contributed by atoms with van der Waals surface area (Å²) in [4.78, 5) is 23.5. The molecule has 0 fully saturated rings. The lowest BCUT2D eigenvalue weighted by Gasteiger charge is -2.03. The van der Waals surface area contributed by atoms with Crippen molar-refractivity contribution in [3.05, 3.63) is 29.8 Å². The van der Waals surface area contributed by atoms with Gasteiger partial charge in [0.2, 0.25) is 5.91 Å². The lowest BCUT2D eigenvalue weighted by molar-refractivity contribution is 0.0932. The lowest BCUT2D eigenvalue weighted by Crippen LogP contribution is -2.04. The van der Waals surface area contributed by atoms with Crippen molar-refractivity contribution < 1.29 is 14.7 Å². The second kappa shape index (κ2) is 5.90. The van der Waals surface area contributed by atoms with Crippen molar-refractivity contribution in [2.24, 2.45) is 0 Å². The highest BCUT2D eigenvalue weighted by molar-refractivity contribution is 6.01. The molecule has 1 aromatic carbocycles. The molecule has 2 rings (SSSR count). The minimum Gasteiger partial charge on any atom is -0.494 e. The summed E-state index contributed by atoms with van der Waals surface area (Å²) in [5, 5.41) is 10.5. The van der Waals surface area contributed by atoms with Gasteiger partial charge in [0.05, 0.1) is 5.52 Å². The molecule has 0 aliphatic carbocycles. The van der Waals surface area contributed by atoms with Gasteiger partial charge in [-0.1, -0.05) is 19.8 Å². The van der Waals surface area contributed by atoms with Crippen molar-refractivity contribution in [2.45, 2.75) is 39.5 Å². The maximum atomic E-state index is 12.1. The van der Waals surface area contributed by atoms with Gasteiger partial charge in [0.15, 0.2) is 11.7 Å². The Kier molecular flexibility index (Phi) is 4.23. The topological polar surface area (TPSA) is 59.3 Å². The van der Waals surface area contributed by atoms with Crippen LogP contribution in [0, 0.1) is 0 Å². The number of nitrogens with zero attached hydrogens (tertiary/aromatic N) is 1. The van der Waals surface area contributed by atoms with E-state index >= 15 is 0 Å². The Hall–Kier alpha value is -2.10. The van der Waals surface area contributed by atoms with Crippen LogP contribution in [0.3, 0.4) is 0 Å². The molecule has 1 N–H and O–H groups in total. The second-order valence-electron chi connectivity index (χ2n) is 5.01. The van der Waals surface area contributed by atoms with E-state index in [1.807, 2.05) is 0 Å². The Morgan fingerprint density at radius 3 is 2.60 bits per heavy atom. The zero-order valence-corrected chi connectivity index (χ0v) is 11.8. The number of carbonyl (C=O) groups is 2. The summed E-state index contributed by atoms with van der Waals surface area (Å²) in [5.74, 6) is -0.238. The molecule has 0 aliphatic rings. The van der Waals surface area contributed by atoms with Crippen molar-refractivity contribution in [3.63, 3.8) is 0 Å². The third-order valence-electron chi connectivity index (χ3n) is 3.43. The predicted octanol–water partition coefficient (Wildman–Crippen LogP) is 3.77. The Bertz CT molecular complexity index is 655. The van der Waals surface area contributed by atoms with Crippen molar-refractivity contribution in [2.75, 3.05) is 0 Å². The summed E-state index contributed by atoms with van der Waals surface area (Å²) < 4.78 is 1.24. The minimum atomic E-state index is -0.250. The molecule has 0 saturated carbocycles. The van der Waals surface area contributed by atoms with Crippen LogP contribution in [0.2, 0.25) is 0 Å². The molecule has 0 radical (unpaired) electrons. The molecule has 0 saturated heterocycles. The number of fused-ring (bicyclic) bond motifs is 1. The number of unbranched alkanes of at least 4 members (excludes halogenated alkanes) is 2. The van der Waals surface area contributed by atoms with E-state index < -0.39 is 0 Å². The smallest absolute Gasteiger partial charge is 0.230 e. The zero-order chi connectivity index (χ0) is 14.7. The first kappa shape index (κ1) is 14.3. The minimum absolute atomic E-state index is 0.0944. The van der Waals surface area contributed by atoms with Gasteiger partial charge in [0.25, 0.3) is 0 Å². The molecule has 20 heavy (non-hydrogen) atoms. The molecule has 4 nitrogen and oxygen atoms in total. The molecule has 106 valence electrons. The third-order valence-corrected chi connectivity index (χ3v) is 3.43. The van der Waals surface area contributed by atoms with Crippen LogP contribution in [-0.2, 0) is 0 Å². The van der Waals surface area contributed by atoms with Crippen LogP contribution in [0.4, 0.5) is 0 Å². The largest absolute Gasteiger partial charge is 0.494 e. The van der Waals surface area contributed by atoms with Crippen molar-refractivity contribution in [3.8, 4) is 5.88 Å². The van der Waals surface area contributed by atoms with Crippen LogP contribution in [0.25, 0.3) is 10.9 Å². The second-order valence-corrected chi connectivity index (χ2v) is 5.01. The van der Waals surface area contributed by atoms with Gasteiger partial charge in [-0.2, -0.15) is 0 Å². The van der Waals surface area contributed by atoms with E-state index in [-0.39, 0.29) is 17.6 Å². The number of hydrogen-bond donors (Lipinski definition) is 1. The third kappa shape index (κ3) is 2.74. The Morgan fingerprint density at radius 1 is 1.20 bits per heavy atom. The molecule has 0 bridgehead atoms. The fourth-order valence-electron chi connectivity index (χ4n) is 2.39. The molecule has 0 amide bonds. The SMILES string of the molecule is CCCCCC(=O)c1ccc2c(c1)cc(O)n2C(C)=O. The molecular formula is C16H19NO3. The maximum absolute atomic E-state index is 12.1. The number of aromatic nitrogens is 1. The van der Waals surface area contributed by atoms with Crippen LogP contribution < -0.4 is 0 Å². The number of carbonyl (C=O) groups excluding carboxylic acids is 2. The first-order chi connectivity index (χ1) is 9.54. The summed E-state index contributed by atoms with van der Waals surface area (Å²) >= 11 is 0. The van der Waals surface area contributed by atoms with E-state index in [1.54, 1.807) is 18.2 Å². The average Bonchev–Trinajstić information content (AvgIpc) is 2.73. The van der Waals surface area contributed by atoms with Gasteiger partial charge in [-0.25, -0.2) is 0 Å². The molecular weight excluding hydrogens is 254 g/mol. The molecule has 1 heterocycles. The maximum Gasteiger partial charge on any atom is 0.230 e. The van der Waals surface area contributed by atoms with Crippen molar-refractivity contribution >= 4 is 22.6 Å². The first-order valence-corrected chi connectivity index (χ1v) is 6.93. The summed E-state index contributed by atoms with van der Waals surface area (Å²) in [5.41, 5.74) is 1.26. The van der Waals surface area contributed by atoms with E-state index in [9.17, 15) is 14.7 Å². The quantitative estimate of drug-likeness (QED) is 0.666. The predicted molar refractivity (Wildman–Crippen MR) is 78.4 cm³/mol. The van der Waals surface area contributed by atoms with Gasteiger partial charge in [0, 0.05) is 30.4 Å². The van der Waals surface area contributed by atoms with Crippen LogP contribution in [-0.4, -0.2) is 21.4 Å². The van der Waals surface area contributed by atoms with Gasteiger partial charge < -0.3 is 5.11 Å². The monoisotopic (exact) mass is 273 g/mol. The van der Waals surface area contributed by atoms with Crippen LogP contribution in [0.5, 0.6) is 5.88 Å². The van der Waals surface area contributed by atoms with E-state index in [0.29, 0.717) is 22.9 Å². The molecule has 0 unspecified atom stereocenters. The van der Waals surface area contributed by atoms with Crippen LogP contribution >= 0.6 is 0 Å². The van der Waals surface area contributed by atoms with E-state index in [4.69, 9.17) is 0 Å². The summed E-state index contributed by atoms with van der Waals surface area (Å²) in [6, 6.07) is 6.68. The van der Waals surface area contributed by atoms with Gasteiger partial charge >= 0.3 is 0 Å².